The van der Waals surface area contributed by atoms with Crippen LogP contribution >= 0.6 is 0 Å². The minimum absolute atomic E-state index is 0.0153. The van der Waals surface area contributed by atoms with Crippen LogP contribution in [0.25, 0.3) is 10.9 Å². The minimum Gasteiger partial charge on any atom is -0.338 e. The Hall–Kier alpha value is -2.88. The summed E-state index contributed by atoms with van der Waals surface area (Å²) in [4.78, 5) is 24.7. The monoisotopic (exact) mass is 348 g/mol. The fourth-order valence-corrected chi connectivity index (χ4v) is 3.26. The number of carbonyl (C=O) groups excluding carboxylic acids is 1. The van der Waals surface area contributed by atoms with Gasteiger partial charge in [-0.1, -0.05) is 32.0 Å². The lowest BCUT2D eigenvalue weighted by atomic mass is 10.0. The second kappa shape index (κ2) is 7.16. The van der Waals surface area contributed by atoms with E-state index >= 15 is 0 Å². The number of hydrogen-bond donors (Lipinski definition) is 1. The number of rotatable bonds is 4. The normalized spacial score (nSPS) is 11.1. The molecule has 0 bridgehead atoms. The Morgan fingerprint density at radius 3 is 2.42 bits per heavy atom. The summed E-state index contributed by atoms with van der Waals surface area (Å²) in [6, 6.07) is 13.4. The van der Waals surface area contributed by atoms with Crippen molar-refractivity contribution in [1.82, 2.24) is 4.57 Å². The molecule has 1 heterocycles. The molecular formula is C22H24N2O2. The van der Waals surface area contributed by atoms with Gasteiger partial charge in [-0.25, -0.2) is 0 Å². The zero-order chi connectivity index (χ0) is 18.8. The molecule has 0 fully saturated rings. The van der Waals surface area contributed by atoms with Gasteiger partial charge in [-0.2, -0.15) is 0 Å². The van der Waals surface area contributed by atoms with Gasteiger partial charge in [0.25, 0.3) is 0 Å². The molecule has 3 aromatic rings. The topological polar surface area (TPSA) is 51.1 Å². The fraction of sp³-hybridized carbons (Fsp3) is 0.273. The van der Waals surface area contributed by atoms with Crippen LogP contribution in [0.4, 0.5) is 5.69 Å². The predicted molar refractivity (Wildman–Crippen MR) is 107 cm³/mol. The summed E-state index contributed by atoms with van der Waals surface area (Å²) < 4.78 is 1.83. The number of fused-ring (bicyclic) bond motifs is 1. The molecule has 0 unspecified atom stereocenters. The molecule has 1 aromatic heterocycles. The van der Waals surface area contributed by atoms with Crippen LogP contribution < -0.4 is 10.7 Å². The number of hydrogen-bond acceptors (Lipinski definition) is 2. The molecule has 0 spiro atoms. The first-order valence-corrected chi connectivity index (χ1v) is 8.85. The van der Waals surface area contributed by atoms with Gasteiger partial charge in [0.15, 0.2) is 5.43 Å². The molecule has 26 heavy (non-hydrogen) atoms. The second-order valence-corrected chi connectivity index (χ2v) is 7.11. The number of carbonyl (C=O) groups is 1. The van der Waals surface area contributed by atoms with E-state index < -0.39 is 0 Å². The summed E-state index contributed by atoms with van der Waals surface area (Å²) >= 11 is 0. The molecule has 2 aromatic carbocycles. The molecule has 0 atom stereocenters. The number of aromatic nitrogens is 1. The van der Waals surface area contributed by atoms with Crippen LogP contribution in [0.3, 0.4) is 0 Å². The standard InChI is InChI=1S/C22H24N2O2/c1-14(2)17-5-7-18(8-6-17)23-21(26)13-24-10-9-20(25)22-16(4)11-15(3)12-19(22)24/h5-12,14H,13H2,1-4H3,(H,23,26). The summed E-state index contributed by atoms with van der Waals surface area (Å²) in [6.07, 6.45) is 1.69. The van der Waals surface area contributed by atoms with Crippen LogP contribution in [0.2, 0.25) is 0 Å². The van der Waals surface area contributed by atoms with Gasteiger partial charge >= 0.3 is 0 Å². The fourth-order valence-electron chi connectivity index (χ4n) is 3.26. The van der Waals surface area contributed by atoms with E-state index in [9.17, 15) is 9.59 Å². The van der Waals surface area contributed by atoms with Crippen LogP contribution in [-0.2, 0) is 11.3 Å². The number of nitrogens with zero attached hydrogens (tertiary/aromatic N) is 1. The van der Waals surface area contributed by atoms with E-state index in [1.165, 1.54) is 11.6 Å². The lowest BCUT2D eigenvalue weighted by molar-refractivity contribution is -0.116. The molecular weight excluding hydrogens is 324 g/mol. The Balaban J connectivity index is 1.85. The summed E-state index contributed by atoms with van der Waals surface area (Å²) in [7, 11) is 0. The highest BCUT2D eigenvalue weighted by atomic mass is 16.2. The Kier molecular flexibility index (Phi) is 4.94. The van der Waals surface area contributed by atoms with Gasteiger partial charge in [-0.05, 0) is 54.7 Å². The van der Waals surface area contributed by atoms with E-state index in [2.05, 4.69) is 19.2 Å². The summed E-state index contributed by atoms with van der Waals surface area (Å²) in [5, 5.41) is 3.60. The van der Waals surface area contributed by atoms with E-state index in [4.69, 9.17) is 0 Å². The summed E-state index contributed by atoms with van der Waals surface area (Å²) in [5.41, 5.74) is 4.79. The van der Waals surface area contributed by atoms with Crippen molar-refractivity contribution in [3.63, 3.8) is 0 Å². The van der Waals surface area contributed by atoms with Crippen molar-refractivity contribution in [2.75, 3.05) is 5.32 Å². The lowest BCUT2D eigenvalue weighted by Gasteiger charge is -2.13. The Labute approximate surface area is 153 Å². The SMILES string of the molecule is Cc1cc(C)c2c(=O)ccn(CC(=O)Nc3ccc(C(C)C)cc3)c2c1. The molecule has 4 heteroatoms. The Morgan fingerprint density at radius 1 is 1.08 bits per heavy atom. The van der Waals surface area contributed by atoms with E-state index in [-0.39, 0.29) is 17.9 Å². The van der Waals surface area contributed by atoms with Crippen molar-refractivity contribution in [1.29, 1.82) is 0 Å². The molecule has 0 saturated heterocycles. The molecule has 134 valence electrons. The van der Waals surface area contributed by atoms with Crippen molar-refractivity contribution in [2.24, 2.45) is 0 Å². The molecule has 0 aliphatic rings. The van der Waals surface area contributed by atoms with Crippen LogP contribution in [0.1, 0.15) is 36.5 Å². The van der Waals surface area contributed by atoms with Gasteiger partial charge in [0.05, 0.1) is 5.52 Å². The van der Waals surface area contributed by atoms with Gasteiger partial charge in [0.2, 0.25) is 5.91 Å². The highest BCUT2D eigenvalue weighted by Crippen LogP contribution is 2.19. The third kappa shape index (κ3) is 3.69. The molecule has 0 aliphatic carbocycles. The summed E-state index contributed by atoms with van der Waals surface area (Å²) in [6.45, 7) is 8.35. The maximum atomic E-state index is 12.5. The van der Waals surface area contributed by atoms with Crippen molar-refractivity contribution >= 4 is 22.5 Å². The molecule has 1 amide bonds. The quantitative estimate of drug-likeness (QED) is 0.761. The van der Waals surface area contributed by atoms with E-state index in [1.54, 1.807) is 6.20 Å². The predicted octanol–water partition coefficient (Wildman–Crippen LogP) is 4.38. The highest BCUT2D eigenvalue weighted by Gasteiger charge is 2.10. The zero-order valence-corrected chi connectivity index (χ0v) is 15.7. The van der Waals surface area contributed by atoms with Crippen molar-refractivity contribution in [3.05, 3.63) is 75.6 Å². The van der Waals surface area contributed by atoms with Crippen molar-refractivity contribution in [3.8, 4) is 0 Å². The third-order valence-electron chi connectivity index (χ3n) is 4.60. The number of nitrogens with one attached hydrogen (secondary N) is 1. The molecule has 3 rings (SSSR count). The molecule has 0 radical (unpaired) electrons. The smallest absolute Gasteiger partial charge is 0.244 e. The van der Waals surface area contributed by atoms with Gasteiger partial charge < -0.3 is 9.88 Å². The minimum atomic E-state index is -0.119. The largest absolute Gasteiger partial charge is 0.338 e. The first kappa shape index (κ1) is 17.9. The Morgan fingerprint density at radius 2 is 1.77 bits per heavy atom. The number of benzene rings is 2. The van der Waals surface area contributed by atoms with Crippen LogP contribution in [-0.4, -0.2) is 10.5 Å². The third-order valence-corrected chi connectivity index (χ3v) is 4.60. The number of pyridine rings is 1. The summed E-state index contributed by atoms with van der Waals surface area (Å²) in [5.74, 6) is 0.338. The zero-order valence-electron chi connectivity index (χ0n) is 15.7. The first-order chi connectivity index (χ1) is 12.3. The average molecular weight is 348 g/mol. The number of aryl methyl sites for hydroxylation is 2. The average Bonchev–Trinajstić information content (AvgIpc) is 2.57. The van der Waals surface area contributed by atoms with Gasteiger partial charge in [0.1, 0.15) is 6.54 Å². The molecule has 0 aliphatic heterocycles. The van der Waals surface area contributed by atoms with Crippen LogP contribution in [0.5, 0.6) is 0 Å². The number of anilines is 1. The van der Waals surface area contributed by atoms with Crippen molar-refractivity contribution in [2.45, 2.75) is 40.2 Å². The first-order valence-electron chi connectivity index (χ1n) is 8.85. The molecule has 0 saturated carbocycles. The molecule has 1 N–H and O–H groups in total. The van der Waals surface area contributed by atoms with Gasteiger partial charge in [0, 0.05) is 23.3 Å². The van der Waals surface area contributed by atoms with Crippen molar-refractivity contribution < 1.29 is 4.79 Å². The van der Waals surface area contributed by atoms with E-state index in [0.717, 1.165) is 22.3 Å². The van der Waals surface area contributed by atoms with E-state index in [0.29, 0.717) is 11.3 Å². The van der Waals surface area contributed by atoms with E-state index in [1.807, 2.05) is 54.8 Å². The highest BCUT2D eigenvalue weighted by molar-refractivity contribution is 5.92. The number of amides is 1. The Bertz CT molecular complexity index is 1010. The maximum Gasteiger partial charge on any atom is 0.244 e. The maximum absolute atomic E-state index is 12.5. The van der Waals surface area contributed by atoms with Gasteiger partial charge in [-0.3, -0.25) is 9.59 Å². The second-order valence-electron chi connectivity index (χ2n) is 7.11. The van der Waals surface area contributed by atoms with Crippen LogP contribution in [0, 0.1) is 13.8 Å². The lowest BCUT2D eigenvalue weighted by Crippen LogP contribution is -2.20. The molecule has 4 nitrogen and oxygen atoms in total. The van der Waals surface area contributed by atoms with Gasteiger partial charge in [-0.15, -0.1) is 0 Å². The van der Waals surface area contributed by atoms with Crippen LogP contribution in [0.15, 0.2) is 53.5 Å².